The van der Waals surface area contributed by atoms with E-state index in [0.29, 0.717) is 0 Å². The van der Waals surface area contributed by atoms with Gasteiger partial charge in [0.2, 0.25) is 0 Å². The van der Waals surface area contributed by atoms with Crippen molar-refractivity contribution in [3.63, 3.8) is 0 Å². The van der Waals surface area contributed by atoms with Gasteiger partial charge in [0.05, 0.1) is 0 Å². The van der Waals surface area contributed by atoms with Gasteiger partial charge in [0.25, 0.3) is 0 Å². The van der Waals surface area contributed by atoms with Gasteiger partial charge in [-0.1, -0.05) is 18.2 Å². The molecule has 0 radical (unpaired) electrons. The van der Waals surface area contributed by atoms with Crippen molar-refractivity contribution in [1.82, 2.24) is 9.55 Å². The highest BCUT2D eigenvalue weighted by Gasteiger charge is 2.09. The number of aromatic nitrogens is 2. The fourth-order valence-corrected chi connectivity index (χ4v) is 1.58. The zero-order valence-electron chi connectivity index (χ0n) is 8.12. The molecule has 68 valence electrons. The largest absolute Gasteiger partial charge is 0.332 e. The van der Waals surface area contributed by atoms with Crippen molar-refractivity contribution in [1.29, 1.82) is 0 Å². The van der Waals surface area contributed by atoms with Gasteiger partial charge in [-0.2, -0.15) is 0 Å². The van der Waals surface area contributed by atoms with Crippen LogP contribution in [0.15, 0.2) is 24.4 Å². The second-order valence-electron chi connectivity index (χ2n) is 3.44. The Morgan fingerprint density at radius 1 is 1.46 bits per heavy atom. The molecule has 1 aliphatic rings. The summed E-state index contributed by atoms with van der Waals surface area (Å²) in [6.45, 7) is 2.08. The molecular weight excluding hydrogens is 160 g/mol. The number of aryl methyl sites for hydroxylation is 1. The first-order valence-corrected chi connectivity index (χ1v) is 4.63. The minimum atomic E-state index is 1.11. The molecule has 2 nitrogen and oxygen atoms in total. The molecule has 1 aromatic rings. The van der Waals surface area contributed by atoms with Crippen LogP contribution in [0.2, 0.25) is 0 Å². The lowest BCUT2D eigenvalue weighted by atomic mass is 10.0. The van der Waals surface area contributed by atoms with Crippen LogP contribution in [-0.4, -0.2) is 9.55 Å². The van der Waals surface area contributed by atoms with E-state index in [1.165, 1.54) is 11.3 Å². The van der Waals surface area contributed by atoms with Gasteiger partial charge in [-0.05, 0) is 25.3 Å². The van der Waals surface area contributed by atoms with Gasteiger partial charge in [-0.3, -0.25) is 0 Å². The average Bonchev–Trinajstić information content (AvgIpc) is 2.49. The third-order valence-electron chi connectivity index (χ3n) is 2.52. The molecule has 0 spiro atoms. The first kappa shape index (κ1) is 8.30. The van der Waals surface area contributed by atoms with Gasteiger partial charge in [-0.15, -0.1) is 0 Å². The summed E-state index contributed by atoms with van der Waals surface area (Å²) < 4.78 is 2.14. The monoisotopic (exact) mass is 174 g/mol. The highest BCUT2D eigenvalue weighted by atomic mass is 15.1. The Hall–Kier alpha value is -1.31. The second kappa shape index (κ2) is 3.21. The lowest BCUT2D eigenvalue weighted by molar-refractivity contribution is 0.841. The zero-order chi connectivity index (χ0) is 9.26. The SMILES string of the molecule is Cc1cnc(C2=CC=CCC2)n1C. The maximum Gasteiger partial charge on any atom is 0.135 e. The summed E-state index contributed by atoms with van der Waals surface area (Å²) in [6.07, 6.45) is 10.6. The summed E-state index contributed by atoms with van der Waals surface area (Å²) >= 11 is 0. The van der Waals surface area contributed by atoms with Gasteiger partial charge >= 0.3 is 0 Å². The molecule has 0 fully saturated rings. The van der Waals surface area contributed by atoms with Crippen LogP contribution in [0.25, 0.3) is 5.57 Å². The number of hydrogen-bond donors (Lipinski definition) is 0. The van der Waals surface area contributed by atoms with E-state index in [2.05, 4.69) is 41.8 Å². The molecule has 0 aliphatic heterocycles. The summed E-state index contributed by atoms with van der Waals surface area (Å²) in [7, 11) is 2.07. The van der Waals surface area contributed by atoms with Crippen LogP contribution in [0.1, 0.15) is 24.4 Å². The molecule has 13 heavy (non-hydrogen) atoms. The number of rotatable bonds is 1. The van der Waals surface area contributed by atoms with E-state index in [1.54, 1.807) is 0 Å². The molecule has 0 unspecified atom stereocenters. The van der Waals surface area contributed by atoms with E-state index in [4.69, 9.17) is 0 Å². The van der Waals surface area contributed by atoms with Crippen LogP contribution >= 0.6 is 0 Å². The number of allylic oxidation sites excluding steroid dienone is 4. The van der Waals surface area contributed by atoms with Crippen molar-refractivity contribution >= 4 is 5.57 Å². The molecule has 0 bridgehead atoms. The van der Waals surface area contributed by atoms with Crippen LogP contribution in [0, 0.1) is 6.92 Å². The van der Waals surface area contributed by atoms with Crippen molar-refractivity contribution in [2.45, 2.75) is 19.8 Å². The van der Waals surface area contributed by atoms with Crippen LogP contribution in [0.5, 0.6) is 0 Å². The molecule has 0 N–H and O–H groups in total. The Kier molecular flexibility index (Phi) is 2.05. The third kappa shape index (κ3) is 1.44. The molecule has 0 saturated heterocycles. The standard InChI is InChI=1S/C11H14N2/c1-9-8-12-11(13(9)2)10-6-4-3-5-7-10/h3-4,6,8H,5,7H2,1-2H3. The van der Waals surface area contributed by atoms with Crippen molar-refractivity contribution < 1.29 is 0 Å². The van der Waals surface area contributed by atoms with Gasteiger partial charge in [0.15, 0.2) is 0 Å². The predicted molar refractivity (Wildman–Crippen MR) is 54.3 cm³/mol. The molecule has 2 rings (SSSR count). The first-order chi connectivity index (χ1) is 6.29. The lowest BCUT2D eigenvalue weighted by Gasteiger charge is -2.09. The maximum atomic E-state index is 4.40. The van der Waals surface area contributed by atoms with Gasteiger partial charge in [0, 0.05) is 18.9 Å². The van der Waals surface area contributed by atoms with E-state index < -0.39 is 0 Å². The van der Waals surface area contributed by atoms with E-state index in [-0.39, 0.29) is 0 Å². The Bertz CT molecular complexity index is 369. The molecular formula is C11H14N2. The summed E-state index contributed by atoms with van der Waals surface area (Å²) in [5.74, 6) is 1.11. The molecule has 1 aliphatic carbocycles. The minimum Gasteiger partial charge on any atom is -0.332 e. The number of imidazole rings is 1. The molecule has 0 saturated carbocycles. The average molecular weight is 174 g/mol. The highest BCUT2D eigenvalue weighted by molar-refractivity contribution is 5.63. The van der Waals surface area contributed by atoms with Crippen molar-refractivity contribution in [3.05, 3.63) is 35.9 Å². The fourth-order valence-electron chi connectivity index (χ4n) is 1.58. The molecule has 1 aromatic heterocycles. The smallest absolute Gasteiger partial charge is 0.135 e. The Balaban J connectivity index is 2.40. The van der Waals surface area contributed by atoms with Crippen LogP contribution < -0.4 is 0 Å². The van der Waals surface area contributed by atoms with Crippen LogP contribution in [0.4, 0.5) is 0 Å². The zero-order valence-corrected chi connectivity index (χ0v) is 8.12. The normalized spacial score (nSPS) is 16.0. The van der Waals surface area contributed by atoms with E-state index in [0.717, 1.165) is 18.7 Å². The topological polar surface area (TPSA) is 17.8 Å². The minimum absolute atomic E-state index is 1.11. The van der Waals surface area contributed by atoms with Crippen LogP contribution in [-0.2, 0) is 7.05 Å². The quantitative estimate of drug-likeness (QED) is 0.639. The summed E-state index contributed by atoms with van der Waals surface area (Å²) in [4.78, 5) is 4.40. The fraction of sp³-hybridized carbons (Fsp3) is 0.364. The molecule has 1 heterocycles. The van der Waals surface area contributed by atoms with Gasteiger partial charge in [0.1, 0.15) is 5.82 Å². The van der Waals surface area contributed by atoms with Gasteiger partial charge < -0.3 is 4.57 Å². The molecule has 0 atom stereocenters. The Labute approximate surface area is 78.6 Å². The molecule has 0 amide bonds. The summed E-state index contributed by atoms with van der Waals surface area (Å²) in [5, 5.41) is 0. The summed E-state index contributed by atoms with van der Waals surface area (Å²) in [5.41, 5.74) is 2.56. The summed E-state index contributed by atoms with van der Waals surface area (Å²) in [6, 6.07) is 0. The molecule has 2 heteroatoms. The third-order valence-corrected chi connectivity index (χ3v) is 2.52. The van der Waals surface area contributed by atoms with Crippen molar-refractivity contribution in [2.75, 3.05) is 0 Å². The Morgan fingerprint density at radius 2 is 2.31 bits per heavy atom. The predicted octanol–water partition coefficient (Wildman–Crippen LogP) is 2.46. The first-order valence-electron chi connectivity index (χ1n) is 4.63. The van der Waals surface area contributed by atoms with E-state index in [1.807, 2.05) is 6.20 Å². The van der Waals surface area contributed by atoms with E-state index >= 15 is 0 Å². The second-order valence-corrected chi connectivity index (χ2v) is 3.44. The number of hydrogen-bond acceptors (Lipinski definition) is 1. The maximum absolute atomic E-state index is 4.40. The van der Waals surface area contributed by atoms with Crippen molar-refractivity contribution in [2.24, 2.45) is 7.05 Å². The number of nitrogens with zero attached hydrogens (tertiary/aromatic N) is 2. The molecule has 0 aromatic carbocycles. The van der Waals surface area contributed by atoms with Crippen molar-refractivity contribution in [3.8, 4) is 0 Å². The highest BCUT2D eigenvalue weighted by Crippen LogP contribution is 2.22. The lowest BCUT2D eigenvalue weighted by Crippen LogP contribution is -1.99. The Morgan fingerprint density at radius 3 is 2.85 bits per heavy atom. The van der Waals surface area contributed by atoms with Crippen LogP contribution in [0.3, 0.4) is 0 Å². The van der Waals surface area contributed by atoms with Gasteiger partial charge in [-0.25, -0.2) is 4.98 Å². The van der Waals surface area contributed by atoms with E-state index in [9.17, 15) is 0 Å².